The zero-order chi connectivity index (χ0) is 20.2. The molecule has 0 bridgehead atoms. The van der Waals surface area contributed by atoms with E-state index in [1.807, 2.05) is 36.4 Å². The molecule has 2 aromatic carbocycles. The van der Waals surface area contributed by atoms with Gasteiger partial charge in [-0.25, -0.2) is 4.98 Å². The van der Waals surface area contributed by atoms with Crippen LogP contribution in [0.25, 0.3) is 11.3 Å². The van der Waals surface area contributed by atoms with Gasteiger partial charge in [-0.15, -0.1) is 0 Å². The van der Waals surface area contributed by atoms with Gasteiger partial charge in [-0.2, -0.15) is 0 Å². The molecule has 2 atom stereocenters. The summed E-state index contributed by atoms with van der Waals surface area (Å²) >= 11 is 0. The van der Waals surface area contributed by atoms with Gasteiger partial charge in [0.2, 0.25) is 0 Å². The standard InChI is InChI=1S/C23H25NO5/c25-12-11-17(13-26)22(27)19-3-1-2-4-21(19)29-18-9-7-15(8-10-18)20-14-28-23(24-20)16-5-6-16/h1-4,7-10,14,16-17,22,25-27H,5-6,11-13H2. The van der Waals surface area contributed by atoms with Crippen molar-refractivity contribution in [2.24, 2.45) is 5.92 Å². The van der Waals surface area contributed by atoms with Gasteiger partial charge < -0.3 is 24.5 Å². The van der Waals surface area contributed by atoms with Crippen LogP contribution in [-0.4, -0.2) is 33.5 Å². The average Bonchev–Trinajstić information content (AvgIpc) is 3.49. The van der Waals surface area contributed by atoms with E-state index in [0.29, 0.717) is 29.4 Å². The van der Waals surface area contributed by atoms with Crippen molar-refractivity contribution in [3.63, 3.8) is 0 Å². The average molecular weight is 395 g/mol. The topological polar surface area (TPSA) is 96.0 Å². The number of hydrogen-bond donors (Lipinski definition) is 3. The molecule has 1 heterocycles. The lowest BCUT2D eigenvalue weighted by Crippen LogP contribution is -2.18. The number of oxazole rings is 1. The Morgan fingerprint density at radius 1 is 1.07 bits per heavy atom. The van der Waals surface area contributed by atoms with Gasteiger partial charge in [-0.1, -0.05) is 18.2 Å². The van der Waals surface area contributed by atoms with E-state index in [0.717, 1.165) is 30.0 Å². The number of nitrogens with zero attached hydrogens (tertiary/aromatic N) is 1. The summed E-state index contributed by atoms with van der Waals surface area (Å²) in [6.07, 6.45) is 3.35. The molecule has 29 heavy (non-hydrogen) atoms. The Bertz CT molecular complexity index is 932. The van der Waals surface area contributed by atoms with E-state index in [9.17, 15) is 10.2 Å². The highest BCUT2D eigenvalue weighted by atomic mass is 16.5. The number of rotatable bonds is 9. The van der Waals surface area contributed by atoms with Gasteiger partial charge in [-0.3, -0.25) is 0 Å². The third kappa shape index (κ3) is 4.50. The monoisotopic (exact) mass is 395 g/mol. The van der Waals surface area contributed by atoms with Crippen molar-refractivity contribution >= 4 is 0 Å². The van der Waals surface area contributed by atoms with Gasteiger partial charge in [0, 0.05) is 36.2 Å². The molecular weight excluding hydrogens is 370 g/mol. The first-order valence-corrected chi connectivity index (χ1v) is 9.92. The summed E-state index contributed by atoms with van der Waals surface area (Å²) in [7, 11) is 0. The lowest BCUT2D eigenvalue weighted by molar-refractivity contribution is 0.0497. The van der Waals surface area contributed by atoms with E-state index < -0.39 is 12.0 Å². The van der Waals surface area contributed by atoms with Crippen LogP contribution in [-0.2, 0) is 0 Å². The van der Waals surface area contributed by atoms with Crippen LogP contribution in [0.5, 0.6) is 11.5 Å². The SMILES string of the molecule is OCCC(CO)C(O)c1ccccc1Oc1ccc(-c2coc(C3CC3)n2)cc1. The number of aliphatic hydroxyl groups is 3. The van der Waals surface area contributed by atoms with E-state index in [-0.39, 0.29) is 13.2 Å². The van der Waals surface area contributed by atoms with Crippen LogP contribution in [0.3, 0.4) is 0 Å². The summed E-state index contributed by atoms with van der Waals surface area (Å²) in [5.74, 6) is 1.97. The minimum absolute atomic E-state index is 0.0999. The van der Waals surface area contributed by atoms with Gasteiger partial charge in [0.1, 0.15) is 23.5 Å². The maximum atomic E-state index is 10.6. The summed E-state index contributed by atoms with van der Waals surface area (Å²) in [6, 6.07) is 14.7. The van der Waals surface area contributed by atoms with Crippen molar-refractivity contribution in [1.82, 2.24) is 4.98 Å². The number of ether oxygens (including phenoxy) is 1. The smallest absolute Gasteiger partial charge is 0.197 e. The van der Waals surface area contributed by atoms with Crippen molar-refractivity contribution < 1.29 is 24.5 Å². The number of aliphatic hydroxyl groups excluding tert-OH is 3. The van der Waals surface area contributed by atoms with E-state index in [1.54, 1.807) is 18.4 Å². The summed E-state index contributed by atoms with van der Waals surface area (Å²) < 4.78 is 11.6. The van der Waals surface area contributed by atoms with E-state index in [4.69, 9.17) is 14.3 Å². The first kappa shape index (κ1) is 19.6. The maximum absolute atomic E-state index is 10.6. The second kappa shape index (κ2) is 8.78. The molecule has 0 amide bonds. The summed E-state index contributed by atoms with van der Waals surface area (Å²) in [6.45, 7) is -0.317. The van der Waals surface area contributed by atoms with Gasteiger partial charge in [0.25, 0.3) is 0 Å². The first-order chi connectivity index (χ1) is 14.2. The second-order valence-corrected chi connectivity index (χ2v) is 7.41. The molecule has 1 aliphatic carbocycles. The van der Waals surface area contributed by atoms with Crippen LogP contribution in [0.1, 0.15) is 42.7 Å². The highest BCUT2D eigenvalue weighted by Gasteiger charge is 2.28. The van der Waals surface area contributed by atoms with Crippen LogP contribution >= 0.6 is 0 Å². The molecule has 152 valence electrons. The zero-order valence-corrected chi connectivity index (χ0v) is 16.1. The van der Waals surface area contributed by atoms with E-state index >= 15 is 0 Å². The molecule has 3 N–H and O–H groups in total. The molecule has 0 aliphatic heterocycles. The first-order valence-electron chi connectivity index (χ1n) is 9.92. The molecule has 0 radical (unpaired) electrons. The molecule has 6 heteroatoms. The zero-order valence-electron chi connectivity index (χ0n) is 16.1. The predicted molar refractivity (Wildman–Crippen MR) is 108 cm³/mol. The third-order valence-electron chi connectivity index (χ3n) is 5.25. The Morgan fingerprint density at radius 3 is 2.52 bits per heavy atom. The molecule has 1 aromatic heterocycles. The Kier molecular flexibility index (Phi) is 5.94. The second-order valence-electron chi connectivity index (χ2n) is 7.41. The molecule has 1 fully saturated rings. The van der Waals surface area contributed by atoms with Crippen LogP contribution < -0.4 is 4.74 Å². The lowest BCUT2D eigenvalue weighted by Gasteiger charge is -2.22. The molecule has 3 aromatic rings. The predicted octanol–water partition coefficient (Wildman–Crippen LogP) is 4.04. The molecule has 0 saturated heterocycles. The van der Waals surface area contributed by atoms with Gasteiger partial charge in [-0.05, 0) is 49.6 Å². The molecule has 2 unspecified atom stereocenters. The highest BCUT2D eigenvalue weighted by Crippen LogP contribution is 2.40. The van der Waals surface area contributed by atoms with Crippen molar-refractivity contribution in [2.45, 2.75) is 31.3 Å². The normalized spacial score (nSPS) is 15.8. The molecule has 1 saturated carbocycles. The summed E-state index contributed by atoms with van der Waals surface area (Å²) in [5, 5.41) is 29.3. The van der Waals surface area contributed by atoms with Gasteiger partial charge in [0.05, 0.1) is 6.10 Å². The van der Waals surface area contributed by atoms with Crippen molar-refractivity contribution in [3.05, 3.63) is 66.2 Å². The fourth-order valence-electron chi connectivity index (χ4n) is 3.35. The molecule has 6 nitrogen and oxygen atoms in total. The minimum Gasteiger partial charge on any atom is -0.457 e. The summed E-state index contributed by atoms with van der Waals surface area (Å²) in [4.78, 5) is 4.56. The fourth-order valence-corrected chi connectivity index (χ4v) is 3.35. The largest absolute Gasteiger partial charge is 0.457 e. The van der Waals surface area contributed by atoms with Gasteiger partial charge >= 0.3 is 0 Å². The number of aromatic nitrogens is 1. The Morgan fingerprint density at radius 2 is 1.83 bits per heavy atom. The number of para-hydroxylation sites is 1. The van der Waals surface area contributed by atoms with Crippen LogP contribution in [0, 0.1) is 5.92 Å². The van der Waals surface area contributed by atoms with Crippen LogP contribution in [0.2, 0.25) is 0 Å². The Hall–Kier alpha value is -2.67. The van der Waals surface area contributed by atoms with E-state index in [1.165, 1.54) is 0 Å². The van der Waals surface area contributed by atoms with Crippen molar-refractivity contribution in [2.75, 3.05) is 13.2 Å². The van der Waals surface area contributed by atoms with E-state index in [2.05, 4.69) is 4.98 Å². The third-order valence-corrected chi connectivity index (χ3v) is 5.25. The maximum Gasteiger partial charge on any atom is 0.197 e. The number of benzene rings is 2. The quantitative estimate of drug-likeness (QED) is 0.506. The lowest BCUT2D eigenvalue weighted by atomic mass is 9.93. The Balaban J connectivity index is 1.50. The van der Waals surface area contributed by atoms with Gasteiger partial charge in [0.15, 0.2) is 5.89 Å². The molecule has 0 spiro atoms. The van der Waals surface area contributed by atoms with Crippen molar-refractivity contribution in [3.8, 4) is 22.8 Å². The molecule has 4 rings (SSSR count). The van der Waals surface area contributed by atoms with Crippen LogP contribution in [0.4, 0.5) is 0 Å². The highest BCUT2D eigenvalue weighted by molar-refractivity contribution is 5.59. The van der Waals surface area contributed by atoms with Crippen molar-refractivity contribution in [1.29, 1.82) is 0 Å². The number of hydrogen-bond acceptors (Lipinski definition) is 6. The fraction of sp³-hybridized carbons (Fsp3) is 0.348. The van der Waals surface area contributed by atoms with Crippen LogP contribution in [0.15, 0.2) is 59.2 Å². The summed E-state index contributed by atoms with van der Waals surface area (Å²) in [5.41, 5.74) is 2.34. The Labute approximate surface area is 169 Å². The molecular formula is C23H25NO5. The molecule has 1 aliphatic rings. The minimum atomic E-state index is -0.932.